The summed E-state index contributed by atoms with van der Waals surface area (Å²) in [4.78, 5) is 11.4. The van der Waals surface area contributed by atoms with Gasteiger partial charge < -0.3 is 9.15 Å². The van der Waals surface area contributed by atoms with E-state index in [1.165, 1.54) is 19.3 Å². The second kappa shape index (κ2) is 9.12. The molecule has 0 radical (unpaired) electrons. The molecule has 3 aromatic rings. The molecule has 0 N–H and O–H groups in total. The maximum atomic E-state index is 11.4. The van der Waals surface area contributed by atoms with Gasteiger partial charge in [-0.1, -0.05) is 38.3 Å². The van der Waals surface area contributed by atoms with Gasteiger partial charge in [-0.2, -0.15) is 0 Å². The lowest BCUT2D eigenvalue weighted by molar-refractivity contribution is 0.101. The van der Waals surface area contributed by atoms with Crippen LogP contribution in [-0.4, -0.2) is 22.6 Å². The second-order valence-electron chi connectivity index (χ2n) is 6.48. The first-order valence-corrected chi connectivity index (χ1v) is 9.35. The van der Waals surface area contributed by atoms with Gasteiger partial charge in [-0.15, -0.1) is 10.2 Å². The first kappa shape index (κ1) is 18.8. The molecule has 5 heteroatoms. The van der Waals surface area contributed by atoms with Crippen molar-refractivity contribution in [2.75, 3.05) is 6.61 Å². The number of ketones is 1. The lowest BCUT2D eigenvalue weighted by Gasteiger charge is -2.06. The van der Waals surface area contributed by atoms with Crippen molar-refractivity contribution in [1.29, 1.82) is 0 Å². The van der Waals surface area contributed by atoms with Crippen LogP contribution in [0, 0.1) is 0 Å². The maximum absolute atomic E-state index is 11.4. The highest BCUT2D eigenvalue weighted by Crippen LogP contribution is 2.25. The molecule has 0 bridgehead atoms. The van der Waals surface area contributed by atoms with E-state index in [2.05, 4.69) is 17.1 Å². The molecule has 2 aromatic carbocycles. The zero-order valence-electron chi connectivity index (χ0n) is 15.8. The number of hydrogen-bond acceptors (Lipinski definition) is 5. The Morgan fingerprint density at radius 1 is 0.889 bits per heavy atom. The molecule has 0 unspecified atom stereocenters. The lowest BCUT2D eigenvalue weighted by Crippen LogP contribution is -1.96. The van der Waals surface area contributed by atoms with Crippen LogP contribution in [-0.2, 0) is 0 Å². The van der Waals surface area contributed by atoms with Gasteiger partial charge >= 0.3 is 0 Å². The van der Waals surface area contributed by atoms with E-state index in [4.69, 9.17) is 9.15 Å². The smallest absolute Gasteiger partial charge is 0.248 e. The average molecular weight is 364 g/mol. The number of rotatable bonds is 9. The number of ether oxygens (including phenoxy) is 1. The number of carbonyl (C=O) groups is 1. The van der Waals surface area contributed by atoms with Crippen LogP contribution in [0.15, 0.2) is 52.9 Å². The van der Waals surface area contributed by atoms with E-state index in [9.17, 15) is 4.79 Å². The van der Waals surface area contributed by atoms with Crippen molar-refractivity contribution in [2.24, 2.45) is 0 Å². The Morgan fingerprint density at radius 2 is 1.48 bits per heavy atom. The summed E-state index contributed by atoms with van der Waals surface area (Å²) in [5, 5.41) is 8.23. The number of nitrogens with zero attached hydrogens (tertiary/aromatic N) is 2. The average Bonchev–Trinajstić information content (AvgIpc) is 3.18. The Labute approximate surface area is 159 Å². The van der Waals surface area contributed by atoms with Crippen molar-refractivity contribution in [3.63, 3.8) is 0 Å². The van der Waals surface area contributed by atoms with Crippen molar-refractivity contribution in [1.82, 2.24) is 10.2 Å². The SMILES string of the molecule is CCCCCCOc1ccc(-c2nnc(-c3ccc(C(C)=O)cc3)o2)cc1. The molecule has 1 heterocycles. The van der Waals surface area contributed by atoms with Crippen molar-refractivity contribution < 1.29 is 13.9 Å². The Kier molecular flexibility index (Phi) is 6.36. The molecule has 27 heavy (non-hydrogen) atoms. The quantitative estimate of drug-likeness (QED) is 0.367. The Bertz CT molecular complexity index is 867. The van der Waals surface area contributed by atoms with Crippen LogP contribution >= 0.6 is 0 Å². The highest BCUT2D eigenvalue weighted by Gasteiger charge is 2.11. The van der Waals surface area contributed by atoms with Crippen molar-refractivity contribution in [3.8, 4) is 28.7 Å². The van der Waals surface area contributed by atoms with Gasteiger partial charge in [-0.25, -0.2) is 0 Å². The summed E-state index contributed by atoms with van der Waals surface area (Å²) in [7, 11) is 0. The minimum Gasteiger partial charge on any atom is -0.494 e. The van der Waals surface area contributed by atoms with Gasteiger partial charge in [0, 0.05) is 16.7 Å². The van der Waals surface area contributed by atoms with Crippen molar-refractivity contribution in [3.05, 3.63) is 54.1 Å². The molecule has 0 spiro atoms. The van der Waals surface area contributed by atoms with Gasteiger partial charge in [-0.3, -0.25) is 4.79 Å². The normalized spacial score (nSPS) is 10.7. The van der Waals surface area contributed by atoms with Crippen molar-refractivity contribution in [2.45, 2.75) is 39.5 Å². The number of benzene rings is 2. The number of unbranched alkanes of at least 4 members (excludes halogenated alkanes) is 3. The van der Waals surface area contributed by atoms with Crippen LogP contribution in [0.3, 0.4) is 0 Å². The van der Waals surface area contributed by atoms with E-state index >= 15 is 0 Å². The molecule has 0 saturated carbocycles. The minimum atomic E-state index is 0.0282. The molecular weight excluding hydrogens is 340 g/mol. The van der Waals surface area contributed by atoms with Gasteiger partial charge in [0.05, 0.1) is 6.61 Å². The third-order valence-electron chi connectivity index (χ3n) is 4.33. The van der Waals surface area contributed by atoms with E-state index in [0.717, 1.165) is 29.9 Å². The summed E-state index contributed by atoms with van der Waals surface area (Å²) in [5.41, 5.74) is 2.28. The number of hydrogen-bond donors (Lipinski definition) is 0. The molecule has 5 nitrogen and oxygen atoms in total. The fourth-order valence-corrected chi connectivity index (χ4v) is 2.72. The van der Waals surface area contributed by atoms with Crippen LogP contribution in [0.25, 0.3) is 22.9 Å². The molecule has 140 valence electrons. The molecular formula is C22H24N2O3. The number of Topliss-reactive ketones (excluding diaryl/α,β-unsaturated/α-hetero) is 1. The zero-order chi connectivity index (χ0) is 19.1. The maximum Gasteiger partial charge on any atom is 0.248 e. The molecule has 3 rings (SSSR count). The summed E-state index contributed by atoms with van der Waals surface area (Å²) in [6.45, 7) is 4.47. The summed E-state index contributed by atoms with van der Waals surface area (Å²) in [5.74, 6) is 1.75. The first-order valence-electron chi connectivity index (χ1n) is 9.35. The molecule has 0 aliphatic carbocycles. The molecule has 0 amide bonds. The van der Waals surface area contributed by atoms with E-state index in [1.807, 2.05) is 36.4 Å². The molecule has 0 atom stereocenters. The summed E-state index contributed by atoms with van der Waals surface area (Å²) in [6.07, 6.45) is 4.75. The molecule has 0 aliphatic heterocycles. The van der Waals surface area contributed by atoms with Crippen LogP contribution in [0.5, 0.6) is 5.75 Å². The lowest BCUT2D eigenvalue weighted by atomic mass is 10.1. The Balaban J connectivity index is 1.63. The third kappa shape index (κ3) is 5.03. The van der Waals surface area contributed by atoms with E-state index in [0.29, 0.717) is 17.3 Å². The standard InChI is InChI=1S/C22H24N2O3/c1-3-4-5-6-15-26-20-13-11-19(12-14-20)22-24-23-21(27-22)18-9-7-17(8-10-18)16(2)25/h7-14H,3-6,15H2,1-2H3. The number of carbonyl (C=O) groups excluding carboxylic acids is 1. The van der Waals surface area contributed by atoms with E-state index < -0.39 is 0 Å². The van der Waals surface area contributed by atoms with Crippen LogP contribution < -0.4 is 4.74 Å². The Morgan fingerprint density at radius 3 is 2.04 bits per heavy atom. The van der Waals surface area contributed by atoms with E-state index in [-0.39, 0.29) is 5.78 Å². The van der Waals surface area contributed by atoms with Gasteiger partial charge in [0.1, 0.15) is 5.75 Å². The molecule has 1 aromatic heterocycles. The zero-order valence-corrected chi connectivity index (χ0v) is 15.8. The highest BCUT2D eigenvalue weighted by molar-refractivity contribution is 5.94. The van der Waals surface area contributed by atoms with Crippen LogP contribution in [0.1, 0.15) is 49.9 Å². The van der Waals surface area contributed by atoms with Gasteiger partial charge in [-0.05, 0) is 49.7 Å². The largest absolute Gasteiger partial charge is 0.494 e. The summed E-state index contributed by atoms with van der Waals surface area (Å²) in [6, 6.07) is 14.8. The first-order chi connectivity index (χ1) is 13.2. The number of aromatic nitrogens is 2. The van der Waals surface area contributed by atoms with Crippen molar-refractivity contribution >= 4 is 5.78 Å². The second-order valence-corrected chi connectivity index (χ2v) is 6.48. The fraction of sp³-hybridized carbons (Fsp3) is 0.318. The minimum absolute atomic E-state index is 0.0282. The van der Waals surface area contributed by atoms with Crippen LogP contribution in [0.2, 0.25) is 0 Å². The molecule has 0 aliphatic rings. The van der Waals surface area contributed by atoms with Gasteiger partial charge in [0.15, 0.2) is 5.78 Å². The summed E-state index contributed by atoms with van der Waals surface area (Å²) >= 11 is 0. The van der Waals surface area contributed by atoms with Crippen LogP contribution in [0.4, 0.5) is 0 Å². The predicted molar refractivity (Wildman–Crippen MR) is 105 cm³/mol. The third-order valence-corrected chi connectivity index (χ3v) is 4.33. The monoisotopic (exact) mass is 364 g/mol. The topological polar surface area (TPSA) is 65.2 Å². The van der Waals surface area contributed by atoms with Gasteiger partial charge in [0.2, 0.25) is 11.8 Å². The fourth-order valence-electron chi connectivity index (χ4n) is 2.72. The predicted octanol–water partition coefficient (Wildman–Crippen LogP) is 5.57. The van der Waals surface area contributed by atoms with Gasteiger partial charge in [0.25, 0.3) is 0 Å². The molecule has 0 fully saturated rings. The Hall–Kier alpha value is -2.95. The molecule has 0 saturated heterocycles. The summed E-state index contributed by atoms with van der Waals surface area (Å²) < 4.78 is 11.5. The highest BCUT2D eigenvalue weighted by atomic mass is 16.5. The van der Waals surface area contributed by atoms with E-state index in [1.54, 1.807) is 19.1 Å².